The van der Waals surface area contributed by atoms with Gasteiger partial charge in [0.25, 0.3) is 0 Å². The average molecular weight is 298 g/mol. The summed E-state index contributed by atoms with van der Waals surface area (Å²) in [5.74, 6) is 1.72. The molecule has 3 aliphatic rings. The number of ether oxygens (including phenoxy) is 2. The van der Waals surface area contributed by atoms with Crippen molar-refractivity contribution in [1.29, 1.82) is 0 Å². The Morgan fingerprint density at radius 3 is 3.00 bits per heavy atom. The van der Waals surface area contributed by atoms with Gasteiger partial charge in [0.1, 0.15) is 11.4 Å². The molecule has 116 valence electrons. The molecule has 0 spiro atoms. The van der Waals surface area contributed by atoms with E-state index in [2.05, 4.69) is 22.0 Å². The van der Waals surface area contributed by atoms with Gasteiger partial charge in [-0.3, -0.25) is 4.90 Å². The third-order valence-electron chi connectivity index (χ3n) is 6.17. The molecule has 0 radical (unpaired) electrons. The summed E-state index contributed by atoms with van der Waals surface area (Å²) in [4.78, 5) is 6.35. The highest BCUT2D eigenvalue weighted by molar-refractivity contribution is 5.86. The van der Waals surface area contributed by atoms with Gasteiger partial charge in [0.15, 0.2) is 0 Å². The second-order valence-electron chi connectivity index (χ2n) is 7.05. The molecule has 2 aliphatic heterocycles. The standard InChI is InChI=1S/C18H22N2O2/c1-21-12-3-4-15-14(8-12)13-5-6-20-10-11-7-16(20)18(9-11,22-2)17(13)19-15/h3-4,8,11,16,19H,5-7,9-10H2,1-2H3/t11-,16+,18+/m1/s1. The minimum absolute atomic E-state index is 0.138. The second-order valence-corrected chi connectivity index (χ2v) is 7.05. The van der Waals surface area contributed by atoms with Gasteiger partial charge in [-0.05, 0) is 48.9 Å². The molecule has 4 nitrogen and oxygen atoms in total. The Labute approximate surface area is 130 Å². The first kappa shape index (κ1) is 13.0. The normalized spacial score (nSPS) is 33.2. The quantitative estimate of drug-likeness (QED) is 0.926. The number of nitrogens with one attached hydrogen (secondary N) is 1. The Morgan fingerprint density at radius 1 is 1.32 bits per heavy atom. The number of rotatable bonds is 2. The molecule has 2 bridgehead atoms. The van der Waals surface area contributed by atoms with Crippen LogP contribution in [-0.4, -0.2) is 43.2 Å². The number of benzene rings is 1. The molecule has 3 heterocycles. The lowest BCUT2D eigenvalue weighted by molar-refractivity contribution is -0.0801. The molecule has 1 saturated heterocycles. The minimum Gasteiger partial charge on any atom is -0.497 e. The first-order valence-electron chi connectivity index (χ1n) is 8.23. The van der Waals surface area contributed by atoms with Crippen molar-refractivity contribution < 1.29 is 9.47 Å². The molecule has 2 aromatic rings. The molecular weight excluding hydrogens is 276 g/mol. The molecule has 3 atom stereocenters. The Balaban J connectivity index is 1.77. The fraction of sp³-hybridized carbons (Fsp3) is 0.556. The molecule has 5 rings (SSSR count). The summed E-state index contributed by atoms with van der Waals surface area (Å²) in [6.45, 7) is 2.39. The summed E-state index contributed by atoms with van der Waals surface area (Å²) in [7, 11) is 3.62. The molecule has 22 heavy (non-hydrogen) atoms. The highest BCUT2D eigenvalue weighted by Crippen LogP contribution is 2.54. The number of aromatic amines is 1. The number of hydrogen-bond acceptors (Lipinski definition) is 3. The second kappa shape index (κ2) is 4.27. The van der Waals surface area contributed by atoms with Crippen molar-refractivity contribution >= 4 is 10.9 Å². The topological polar surface area (TPSA) is 37.5 Å². The fourth-order valence-electron chi connectivity index (χ4n) is 5.26. The van der Waals surface area contributed by atoms with Crippen LogP contribution in [0, 0.1) is 5.92 Å². The average Bonchev–Trinajstić information content (AvgIpc) is 3.21. The summed E-state index contributed by atoms with van der Waals surface area (Å²) in [5, 5.41) is 1.30. The van der Waals surface area contributed by atoms with Crippen LogP contribution in [0.25, 0.3) is 10.9 Å². The van der Waals surface area contributed by atoms with Crippen molar-refractivity contribution in [2.24, 2.45) is 5.92 Å². The molecule has 4 heteroatoms. The van der Waals surface area contributed by atoms with Crippen LogP contribution in [0.2, 0.25) is 0 Å². The molecule has 1 N–H and O–H groups in total. The van der Waals surface area contributed by atoms with E-state index in [-0.39, 0.29) is 5.60 Å². The maximum Gasteiger partial charge on any atom is 0.123 e. The van der Waals surface area contributed by atoms with Crippen molar-refractivity contribution in [2.75, 3.05) is 27.3 Å². The number of piperidine rings is 1. The summed E-state index contributed by atoms with van der Waals surface area (Å²) in [5.41, 5.74) is 3.83. The van der Waals surface area contributed by atoms with Crippen LogP contribution in [0.5, 0.6) is 5.75 Å². The summed E-state index contributed by atoms with van der Waals surface area (Å²) >= 11 is 0. The van der Waals surface area contributed by atoms with Gasteiger partial charge in [0.2, 0.25) is 0 Å². The Hall–Kier alpha value is -1.52. The van der Waals surface area contributed by atoms with Crippen LogP contribution in [-0.2, 0) is 16.8 Å². The summed E-state index contributed by atoms with van der Waals surface area (Å²) < 4.78 is 11.6. The first-order chi connectivity index (χ1) is 10.7. The van der Waals surface area contributed by atoms with Gasteiger partial charge in [-0.2, -0.15) is 0 Å². The number of hydrogen-bond donors (Lipinski definition) is 1. The van der Waals surface area contributed by atoms with Crippen LogP contribution in [0.1, 0.15) is 24.1 Å². The zero-order chi connectivity index (χ0) is 14.9. The Kier molecular flexibility index (Phi) is 2.52. The Bertz CT molecular complexity index is 753. The van der Waals surface area contributed by atoms with E-state index >= 15 is 0 Å². The van der Waals surface area contributed by atoms with Crippen LogP contribution in [0.3, 0.4) is 0 Å². The number of nitrogens with zero attached hydrogens (tertiary/aromatic N) is 1. The van der Waals surface area contributed by atoms with E-state index in [1.54, 1.807) is 7.11 Å². The van der Waals surface area contributed by atoms with E-state index in [0.29, 0.717) is 6.04 Å². The molecule has 1 aromatic carbocycles. The number of methoxy groups -OCH3 is 2. The SMILES string of the molecule is COc1ccc2[nH]c3c(c2c1)CCN1C[C@@H]2C[C@H]1[C@@]3(OC)C2. The van der Waals surface area contributed by atoms with Gasteiger partial charge < -0.3 is 14.5 Å². The van der Waals surface area contributed by atoms with Crippen molar-refractivity contribution in [1.82, 2.24) is 9.88 Å². The predicted molar refractivity (Wildman–Crippen MR) is 85.3 cm³/mol. The lowest BCUT2D eigenvalue weighted by Gasteiger charge is -2.40. The van der Waals surface area contributed by atoms with E-state index in [1.165, 1.54) is 35.1 Å². The van der Waals surface area contributed by atoms with Gasteiger partial charge in [0.05, 0.1) is 12.8 Å². The molecule has 0 unspecified atom stereocenters. The third-order valence-corrected chi connectivity index (χ3v) is 6.17. The molecule has 2 fully saturated rings. The Morgan fingerprint density at radius 2 is 2.23 bits per heavy atom. The van der Waals surface area contributed by atoms with Crippen LogP contribution in [0.15, 0.2) is 18.2 Å². The largest absolute Gasteiger partial charge is 0.497 e. The van der Waals surface area contributed by atoms with Crippen LogP contribution in [0.4, 0.5) is 0 Å². The van der Waals surface area contributed by atoms with Gasteiger partial charge in [-0.15, -0.1) is 0 Å². The molecular formula is C18H22N2O2. The first-order valence-corrected chi connectivity index (χ1v) is 8.23. The molecule has 0 amide bonds. The van der Waals surface area contributed by atoms with Crippen molar-refractivity contribution in [3.05, 3.63) is 29.5 Å². The lowest BCUT2D eigenvalue weighted by Crippen LogP contribution is -2.49. The van der Waals surface area contributed by atoms with Gasteiger partial charge in [-0.1, -0.05) is 0 Å². The zero-order valence-corrected chi connectivity index (χ0v) is 13.2. The third kappa shape index (κ3) is 1.45. The monoisotopic (exact) mass is 298 g/mol. The highest BCUT2D eigenvalue weighted by Gasteiger charge is 2.58. The maximum absolute atomic E-state index is 6.19. The molecule has 1 aliphatic carbocycles. The van der Waals surface area contributed by atoms with Gasteiger partial charge in [-0.25, -0.2) is 0 Å². The van der Waals surface area contributed by atoms with Crippen LogP contribution >= 0.6 is 0 Å². The maximum atomic E-state index is 6.19. The summed E-state index contributed by atoms with van der Waals surface area (Å²) in [6, 6.07) is 6.88. The van der Waals surface area contributed by atoms with Crippen molar-refractivity contribution in [3.63, 3.8) is 0 Å². The van der Waals surface area contributed by atoms with E-state index in [0.717, 1.165) is 31.1 Å². The predicted octanol–water partition coefficient (Wildman–Crippen LogP) is 2.67. The number of H-pyrrole nitrogens is 1. The van der Waals surface area contributed by atoms with Crippen molar-refractivity contribution in [3.8, 4) is 5.75 Å². The lowest BCUT2D eigenvalue weighted by atomic mass is 9.88. The van der Waals surface area contributed by atoms with E-state index in [1.807, 2.05) is 13.2 Å². The van der Waals surface area contributed by atoms with E-state index in [4.69, 9.17) is 9.47 Å². The van der Waals surface area contributed by atoms with E-state index in [9.17, 15) is 0 Å². The van der Waals surface area contributed by atoms with Gasteiger partial charge in [0, 0.05) is 37.1 Å². The highest BCUT2D eigenvalue weighted by atomic mass is 16.5. The smallest absolute Gasteiger partial charge is 0.123 e. The number of fused-ring (bicyclic) bond motifs is 5. The van der Waals surface area contributed by atoms with Crippen molar-refractivity contribution in [2.45, 2.75) is 30.9 Å². The van der Waals surface area contributed by atoms with Gasteiger partial charge >= 0.3 is 0 Å². The molecule has 1 saturated carbocycles. The number of aromatic nitrogens is 1. The van der Waals surface area contributed by atoms with Crippen LogP contribution < -0.4 is 4.74 Å². The zero-order valence-electron chi connectivity index (χ0n) is 13.2. The summed E-state index contributed by atoms with van der Waals surface area (Å²) in [6.07, 6.45) is 3.53. The molecule has 1 aromatic heterocycles. The minimum atomic E-state index is -0.138. The van der Waals surface area contributed by atoms with E-state index < -0.39 is 0 Å². The fourth-order valence-corrected chi connectivity index (χ4v) is 5.26.